The summed E-state index contributed by atoms with van der Waals surface area (Å²) < 4.78 is 5.52. The Morgan fingerprint density at radius 1 is 1.53 bits per heavy atom. The minimum atomic E-state index is -0.445. The summed E-state index contributed by atoms with van der Waals surface area (Å²) in [6.07, 6.45) is 0. The van der Waals surface area contributed by atoms with Gasteiger partial charge in [0.25, 0.3) is 0 Å². The number of aromatic nitrogens is 1. The molecule has 0 aliphatic rings. The number of hydrogen-bond donors (Lipinski definition) is 0. The second kappa shape index (κ2) is 6.12. The Balaban J connectivity index is 2.19. The van der Waals surface area contributed by atoms with E-state index in [0.29, 0.717) is 5.33 Å². The quantitative estimate of drug-likeness (QED) is 0.470. The van der Waals surface area contributed by atoms with Crippen LogP contribution < -0.4 is 4.74 Å². The predicted octanol–water partition coefficient (Wildman–Crippen LogP) is 3.83. The van der Waals surface area contributed by atoms with Gasteiger partial charge in [0.05, 0.1) is 15.6 Å². The number of aryl methyl sites for hydroxylation is 1. The SMILES string of the molecule is Cc1nc(COc2cc(CBr)ccc2[N+](=O)[O-])cs1. The molecular formula is C12H11BrN2O3S. The summed E-state index contributed by atoms with van der Waals surface area (Å²) in [4.78, 5) is 14.7. The molecule has 7 heteroatoms. The molecule has 0 spiro atoms. The molecule has 5 nitrogen and oxygen atoms in total. The highest BCUT2D eigenvalue weighted by molar-refractivity contribution is 9.08. The maximum Gasteiger partial charge on any atom is 0.310 e. The lowest BCUT2D eigenvalue weighted by atomic mass is 10.2. The lowest BCUT2D eigenvalue weighted by molar-refractivity contribution is -0.386. The molecule has 2 aromatic rings. The second-order valence-electron chi connectivity index (χ2n) is 3.84. The van der Waals surface area contributed by atoms with Crippen LogP contribution in [0, 0.1) is 17.0 Å². The van der Waals surface area contributed by atoms with Crippen LogP contribution in [-0.4, -0.2) is 9.91 Å². The molecular weight excluding hydrogens is 332 g/mol. The van der Waals surface area contributed by atoms with Crippen molar-refractivity contribution in [3.8, 4) is 5.75 Å². The molecule has 0 aliphatic heterocycles. The molecule has 0 radical (unpaired) electrons. The van der Waals surface area contributed by atoms with Gasteiger partial charge < -0.3 is 4.74 Å². The Kier molecular flexibility index (Phi) is 4.49. The van der Waals surface area contributed by atoms with Gasteiger partial charge in [-0.05, 0) is 18.6 Å². The van der Waals surface area contributed by atoms with Crippen LogP contribution in [0.1, 0.15) is 16.3 Å². The van der Waals surface area contributed by atoms with Gasteiger partial charge in [0, 0.05) is 16.8 Å². The lowest BCUT2D eigenvalue weighted by Gasteiger charge is -2.06. The third kappa shape index (κ3) is 3.51. The third-order valence-electron chi connectivity index (χ3n) is 2.42. The largest absolute Gasteiger partial charge is 0.480 e. The van der Waals surface area contributed by atoms with Crippen LogP contribution in [0.4, 0.5) is 5.69 Å². The summed E-state index contributed by atoms with van der Waals surface area (Å²) >= 11 is 4.84. The van der Waals surface area contributed by atoms with Crippen molar-refractivity contribution >= 4 is 33.0 Å². The van der Waals surface area contributed by atoms with Crippen molar-refractivity contribution in [2.75, 3.05) is 0 Å². The van der Waals surface area contributed by atoms with E-state index in [9.17, 15) is 10.1 Å². The van der Waals surface area contributed by atoms with Crippen molar-refractivity contribution in [2.45, 2.75) is 18.9 Å². The van der Waals surface area contributed by atoms with E-state index in [1.807, 2.05) is 12.3 Å². The maximum absolute atomic E-state index is 10.9. The summed E-state index contributed by atoms with van der Waals surface area (Å²) in [7, 11) is 0. The fourth-order valence-electron chi connectivity index (χ4n) is 1.53. The van der Waals surface area contributed by atoms with Crippen LogP contribution in [0.3, 0.4) is 0 Å². The number of benzene rings is 1. The molecule has 0 saturated carbocycles. The molecule has 2 rings (SSSR count). The van der Waals surface area contributed by atoms with Gasteiger partial charge in [0.1, 0.15) is 6.61 Å². The minimum Gasteiger partial charge on any atom is -0.480 e. The zero-order chi connectivity index (χ0) is 13.8. The second-order valence-corrected chi connectivity index (χ2v) is 5.46. The van der Waals surface area contributed by atoms with Gasteiger partial charge in [-0.3, -0.25) is 10.1 Å². The highest BCUT2D eigenvalue weighted by Crippen LogP contribution is 2.29. The maximum atomic E-state index is 10.9. The van der Waals surface area contributed by atoms with Crippen LogP contribution in [0.2, 0.25) is 0 Å². The van der Waals surface area contributed by atoms with Gasteiger partial charge in [0.2, 0.25) is 0 Å². The Morgan fingerprint density at radius 3 is 2.89 bits per heavy atom. The number of nitrogens with zero attached hydrogens (tertiary/aromatic N) is 2. The summed E-state index contributed by atoms with van der Waals surface area (Å²) in [5, 5.41) is 14.4. The molecule has 19 heavy (non-hydrogen) atoms. The number of rotatable bonds is 5. The molecule has 1 heterocycles. The van der Waals surface area contributed by atoms with E-state index in [-0.39, 0.29) is 18.0 Å². The first-order chi connectivity index (χ1) is 9.10. The molecule has 0 aliphatic carbocycles. The van der Waals surface area contributed by atoms with Gasteiger partial charge in [0.15, 0.2) is 5.75 Å². The van der Waals surface area contributed by atoms with Crippen molar-refractivity contribution in [1.82, 2.24) is 4.98 Å². The van der Waals surface area contributed by atoms with Crippen LogP contribution in [0.25, 0.3) is 0 Å². The highest BCUT2D eigenvalue weighted by Gasteiger charge is 2.16. The third-order valence-corrected chi connectivity index (χ3v) is 3.89. The predicted molar refractivity (Wildman–Crippen MR) is 76.9 cm³/mol. The normalized spacial score (nSPS) is 10.4. The van der Waals surface area contributed by atoms with Crippen molar-refractivity contribution in [2.24, 2.45) is 0 Å². The number of alkyl halides is 1. The molecule has 0 saturated heterocycles. The van der Waals surface area contributed by atoms with E-state index < -0.39 is 4.92 Å². The summed E-state index contributed by atoms with van der Waals surface area (Å²) in [6, 6.07) is 4.83. The van der Waals surface area contributed by atoms with E-state index in [1.54, 1.807) is 12.1 Å². The molecule has 0 bridgehead atoms. The van der Waals surface area contributed by atoms with Crippen LogP contribution in [0.15, 0.2) is 23.6 Å². The number of nitro groups is 1. The van der Waals surface area contributed by atoms with Gasteiger partial charge in [-0.1, -0.05) is 22.0 Å². The first kappa shape index (κ1) is 14.0. The van der Waals surface area contributed by atoms with E-state index in [4.69, 9.17) is 4.74 Å². The summed E-state index contributed by atoms with van der Waals surface area (Å²) in [5.74, 6) is 0.271. The van der Waals surface area contributed by atoms with Gasteiger partial charge in [-0.15, -0.1) is 11.3 Å². The molecule has 1 aromatic heterocycles. The number of hydrogen-bond acceptors (Lipinski definition) is 5. The Labute approximate surface area is 122 Å². The van der Waals surface area contributed by atoms with Crippen molar-refractivity contribution < 1.29 is 9.66 Å². The Hall–Kier alpha value is -1.47. The summed E-state index contributed by atoms with van der Waals surface area (Å²) in [5.41, 5.74) is 1.67. The molecule has 0 unspecified atom stereocenters. The smallest absolute Gasteiger partial charge is 0.310 e. The van der Waals surface area contributed by atoms with Crippen LogP contribution in [0.5, 0.6) is 5.75 Å². The van der Waals surface area contributed by atoms with E-state index in [0.717, 1.165) is 16.3 Å². The van der Waals surface area contributed by atoms with Crippen molar-refractivity contribution in [1.29, 1.82) is 0 Å². The molecule has 0 atom stereocenters. The molecule has 0 amide bonds. The molecule has 0 N–H and O–H groups in total. The standard InChI is InChI=1S/C12H11BrN2O3S/c1-8-14-10(7-19-8)6-18-12-4-9(5-13)2-3-11(12)15(16)17/h2-4,7H,5-6H2,1H3. The number of thiazole rings is 1. The lowest BCUT2D eigenvalue weighted by Crippen LogP contribution is -2.00. The highest BCUT2D eigenvalue weighted by atomic mass is 79.9. The number of halogens is 1. The molecule has 1 aromatic carbocycles. The first-order valence-electron chi connectivity index (χ1n) is 5.47. The summed E-state index contributed by atoms with van der Waals surface area (Å²) in [6.45, 7) is 2.14. The number of ether oxygens (including phenoxy) is 1. The average Bonchev–Trinajstić information content (AvgIpc) is 2.81. The van der Waals surface area contributed by atoms with Crippen LogP contribution in [-0.2, 0) is 11.9 Å². The van der Waals surface area contributed by atoms with Crippen molar-refractivity contribution in [3.63, 3.8) is 0 Å². The number of nitro benzene ring substituents is 1. The van der Waals surface area contributed by atoms with Gasteiger partial charge in [-0.25, -0.2) is 4.98 Å². The topological polar surface area (TPSA) is 65.3 Å². The van der Waals surface area contributed by atoms with E-state index in [2.05, 4.69) is 20.9 Å². The monoisotopic (exact) mass is 342 g/mol. The minimum absolute atomic E-state index is 0.0309. The van der Waals surface area contributed by atoms with Crippen LogP contribution >= 0.6 is 27.3 Å². The zero-order valence-corrected chi connectivity index (χ0v) is 12.5. The fraction of sp³-hybridized carbons (Fsp3) is 0.250. The van der Waals surface area contributed by atoms with Gasteiger partial charge in [-0.2, -0.15) is 0 Å². The van der Waals surface area contributed by atoms with E-state index >= 15 is 0 Å². The van der Waals surface area contributed by atoms with Crippen molar-refractivity contribution in [3.05, 3.63) is 50.0 Å². The zero-order valence-electron chi connectivity index (χ0n) is 10.1. The molecule has 0 fully saturated rings. The average molecular weight is 343 g/mol. The Morgan fingerprint density at radius 2 is 2.32 bits per heavy atom. The van der Waals surface area contributed by atoms with Gasteiger partial charge >= 0.3 is 5.69 Å². The Bertz CT molecular complexity index is 600. The molecule has 100 valence electrons. The first-order valence-corrected chi connectivity index (χ1v) is 7.47. The fourth-order valence-corrected chi connectivity index (χ4v) is 2.48. The van der Waals surface area contributed by atoms with E-state index in [1.165, 1.54) is 17.4 Å².